The fourth-order valence-electron chi connectivity index (χ4n) is 0.987. The summed E-state index contributed by atoms with van der Waals surface area (Å²) >= 11 is 6.10. The molecule has 1 heterocycles. The van der Waals surface area contributed by atoms with E-state index in [1.807, 2.05) is 5.92 Å². The van der Waals surface area contributed by atoms with E-state index >= 15 is 0 Å². The standard InChI is InChI=1S/C10H5ClF3N3O4S/c1-2-3-21-17-5(7(18)19)4-6(11)22-9(15-4)16-8(20)10(12,13)14/h1H,3H2,(H,18,19)(H,15,16,20)/b17-5-. The summed E-state index contributed by atoms with van der Waals surface area (Å²) in [5, 5.41) is 13.0. The van der Waals surface area contributed by atoms with Gasteiger partial charge in [0.1, 0.15) is 10.0 Å². The van der Waals surface area contributed by atoms with Crippen molar-refractivity contribution in [3.05, 3.63) is 10.0 Å². The van der Waals surface area contributed by atoms with Crippen molar-refractivity contribution in [2.24, 2.45) is 5.16 Å². The molecule has 0 aromatic carbocycles. The summed E-state index contributed by atoms with van der Waals surface area (Å²) < 4.78 is 36.0. The largest absolute Gasteiger partial charge is 0.476 e. The minimum Gasteiger partial charge on any atom is -0.476 e. The van der Waals surface area contributed by atoms with Crippen molar-refractivity contribution in [1.82, 2.24) is 4.98 Å². The van der Waals surface area contributed by atoms with Gasteiger partial charge in [-0.1, -0.05) is 34.0 Å². The lowest BCUT2D eigenvalue weighted by atomic mass is 10.3. The highest BCUT2D eigenvalue weighted by Crippen LogP contribution is 2.30. The molecule has 0 saturated heterocycles. The van der Waals surface area contributed by atoms with Crippen LogP contribution in [0.2, 0.25) is 4.34 Å². The number of oxime groups is 1. The van der Waals surface area contributed by atoms with Gasteiger partial charge in [-0.2, -0.15) is 13.2 Å². The first kappa shape index (κ1) is 17.7. The Balaban J connectivity index is 3.06. The van der Waals surface area contributed by atoms with Crippen molar-refractivity contribution < 1.29 is 32.7 Å². The van der Waals surface area contributed by atoms with Crippen LogP contribution in [0.3, 0.4) is 0 Å². The van der Waals surface area contributed by atoms with Crippen LogP contribution < -0.4 is 5.32 Å². The van der Waals surface area contributed by atoms with Gasteiger partial charge in [-0.15, -0.1) is 6.42 Å². The number of aromatic nitrogens is 1. The molecule has 7 nitrogen and oxygen atoms in total. The second-order valence-corrected chi connectivity index (χ2v) is 4.92. The molecule has 0 atom stereocenters. The third kappa shape index (κ3) is 4.61. The summed E-state index contributed by atoms with van der Waals surface area (Å²) in [4.78, 5) is 29.7. The Morgan fingerprint density at radius 2 is 2.18 bits per heavy atom. The van der Waals surface area contributed by atoms with E-state index in [0.29, 0.717) is 11.3 Å². The molecule has 1 rings (SSSR count). The van der Waals surface area contributed by atoms with E-state index in [2.05, 4.69) is 15.0 Å². The molecule has 22 heavy (non-hydrogen) atoms. The Hall–Kier alpha value is -2.32. The number of aliphatic carboxylic acids is 1. The lowest BCUT2D eigenvalue weighted by Crippen LogP contribution is -2.29. The molecule has 2 N–H and O–H groups in total. The first-order valence-corrected chi connectivity index (χ1v) is 6.27. The Kier molecular flexibility index (Phi) is 5.72. The topological polar surface area (TPSA) is 101 Å². The number of carboxylic acid groups (broad SMARTS) is 1. The van der Waals surface area contributed by atoms with Gasteiger partial charge in [0.2, 0.25) is 5.71 Å². The Morgan fingerprint density at radius 1 is 1.55 bits per heavy atom. The maximum absolute atomic E-state index is 12.1. The van der Waals surface area contributed by atoms with E-state index in [9.17, 15) is 22.8 Å². The molecule has 12 heteroatoms. The van der Waals surface area contributed by atoms with Gasteiger partial charge in [0.05, 0.1) is 0 Å². The van der Waals surface area contributed by atoms with E-state index in [1.54, 1.807) is 0 Å². The number of carbonyl (C=O) groups excluding carboxylic acids is 1. The molecule has 0 radical (unpaired) electrons. The number of halogens is 4. The molecule has 0 saturated carbocycles. The van der Waals surface area contributed by atoms with Crippen molar-refractivity contribution in [3.8, 4) is 12.3 Å². The Bertz CT molecular complexity index is 665. The van der Waals surface area contributed by atoms with E-state index < -0.39 is 34.6 Å². The SMILES string of the molecule is C#CCO/N=C(\C(=O)O)c1nc(NC(=O)C(F)(F)F)sc1Cl. The zero-order valence-corrected chi connectivity index (χ0v) is 11.8. The first-order chi connectivity index (χ1) is 10.2. The van der Waals surface area contributed by atoms with Gasteiger partial charge >= 0.3 is 18.1 Å². The number of alkyl halides is 3. The van der Waals surface area contributed by atoms with E-state index in [-0.39, 0.29) is 10.9 Å². The number of nitrogens with zero attached hydrogens (tertiary/aromatic N) is 2. The fraction of sp³-hybridized carbons (Fsp3) is 0.200. The predicted octanol–water partition coefficient (Wildman–Crippen LogP) is 1.74. The van der Waals surface area contributed by atoms with Crippen LogP contribution in [0, 0.1) is 12.3 Å². The van der Waals surface area contributed by atoms with Gasteiger partial charge in [-0.3, -0.25) is 10.1 Å². The average molecular weight is 356 g/mol. The lowest BCUT2D eigenvalue weighted by Gasteiger charge is -2.04. The van der Waals surface area contributed by atoms with Gasteiger partial charge in [0, 0.05) is 0 Å². The minimum absolute atomic E-state index is 0.303. The molecule has 1 aromatic rings. The van der Waals surface area contributed by atoms with Gasteiger partial charge < -0.3 is 9.94 Å². The smallest absolute Gasteiger partial charge is 0.471 e. The summed E-state index contributed by atoms with van der Waals surface area (Å²) in [5.41, 5.74) is -1.24. The Labute approximate surface area is 129 Å². The van der Waals surface area contributed by atoms with Crippen LogP contribution in [0.4, 0.5) is 18.3 Å². The van der Waals surface area contributed by atoms with Crippen molar-refractivity contribution >= 4 is 45.7 Å². The van der Waals surface area contributed by atoms with Crippen molar-refractivity contribution in [2.75, 3.05) is 11.9 Å². The maximum atomic E-state index is 12.1. The summed E-state index contributed by atoms with van der Waals surface area (Å²) in [7, 11) is 0. The van der Waals surface area contributed by atoms with Crippen LogP contribution in [-0.4, -0.2) is 40.5 Å². The molecule has 0 aliphatic rings. The number of anilines is 1. The molecule has 0 unspecified atom stereocenters. The zero-order valence-electron chi connectivity index (χ0n) is 10.3. The fourth-order valence-corrected chi connectivity index (χ4v) is 2.03. The number of rotatable bonds is 5. The second kappa shape index (κ2) is 7.10. The number of hydrogen-bond donors (Lipinski definition) is 2. The van der Waals surface area contributed by atoms with Crippen LogP contribution >= 0.6 is 22.9 Å². The van der Waals surface area contributed by atoms with Gasteiger partial charge in [0.15, 0.2) is 11.7 Å². The molecule has 0 aliphatic heterocycles. The molecule has 0 aliphatic carbocycles. The summed E-state index contributed by atoms with van der Waals surface area (Å²) in [6.45, 7) is -0.337. The van der Waals surface area contributed by atoms with Crippen molar-refractivity contribution in [1.29, 1.82) is 0 Å². The van der Waals surface area contributed by atoms with Gasteiger partial charge in [-0.05, 0) is 0 Å². The molecular weight excluding hydrogens is 351 g/mol. The second-order valence-electron chi connectivity index (χ2n) is 3.32. The van der Waals surface area contributed by atoms with E-state index in [4.69, 9.17) is 23.1 Å². The highest BCUT2D eigenvalue weighted by atomic mass is 35.5. The van der Waals surface area contributed by atoms with Crippen molar-refractivity contribution in [3.63, 3.8) is 0 Å². The molecule has 118 valence electrons. The molecule has 0 spiro atoms. The molecule has 0 fully saturated rings. The highest BCUT2D eigenvalue weighted by molar-refractivity contribution is 7.20. The molecule has 0 bridgehead atoms. The van der Waals surface area contributed by atoms with Crippen LogP contribution in [0.5, 0.6) is 0 Å². The lowest BCUT2D eigenvalue weighted by molar-refractivity contribution is -0.167. The zero-order chi connectivity index (χ0) is 16.9. The van der Waals surface area contributed by atoms with Crippen molar-refractivity contribution in [2.45, 2.75) is 6.18 Å². The summed E-state index contributed by atoms with van der Waals surface area (Å²) in [5.74, 6) is -1.85. The van der Waals surface area contributed by atoms with Gasteiger partial charge in [0.25, 0.3) is 0 Å². The number of nitrogens with one attached hydrogen (secondary N) is 1. The third-order valence-corrected chi connectivity index (χ3v) is 2.96. The normalized spacial score (nSPS) is 11.7. The van der Waals surface area contributed by atoms with Crippen LogP contribution in [0.1, 0.15) is 5.69 Å². The highest BCUT2D eigenvalue weighted by Gasteiger charge is 2.39. The number of terminal acetylenes is 1. The monoisotopic (exact) mass is 355 g/mol. The molecular formula is C10H5ClF3N3O4S. The summed E-state index contributed by atoms with van der Waals surface area (Å²) in [6, 6.07) is 0. The van der Waals surface area contributed by atoms with Gasteiger partial charge in [-0.25, -0.2) is 9.78 Å². The minimum atomic E-state index is -5.13. The number of thiazole rings is 1. The molecule has 1 aromatic heterocycles. The van der Waals surface area contributed by atoms with Crippen LogP contribution in [0.25, 0.3) is 0 Å². The van der Waals surface area contributed by atoms with Crippen LogP contribution in [0.15, 0.2) is 5.16 Å². The van der Waals surface area contributed by atoms with Crippen LogP contribution in [-0.2, 0) is 14.4 Å². The number of amides is 1. The number of hydrogen-bond acceptors (Lipinski definition) is 6. The summed E-state index contributed by atoms with van der Waals surface area (Å²) in [6.07, 6.45) is -0.253. The number of carboxylic acids is 1. The quantitative estimate of drug-likeness (QED) is 0.362. The first-order valence-electron chi connectivity index (χ1n) is 5.08. The Morgan fingerprint density at radius 3 is 2.68 bits per heavy atom. The molecule has 1 amide bonds. The van der Waals surface area contributed by atoms with E-state index in [1.165, 1.54) is 5.32 Å². The number of carbonyl (C=O) groups is 2. The predicted molar refractivity (Wildman–Crippen MR) is 70.8 cm³/mol. The maximum Gasteiger partial charge on any atom is 0.471 e. The third-order valence-electron chi connectivity index (χ3n) is 1.79. The average Bonchev–Trinajstić information content (AvgIpc) is 2.74. The van der Waals surface area contributed by atoms with E-state index in [0.717, 1.165) is 0 Å².